The fraction of sp³-hybridized carbons (Fsp3) is 0.538. The molecule has 0 saturated carbocycles. The van der Waals surface area contributed by atoms with Crippen LogP contribution in [0, 0.1) is 6.92 Å². The Labute approximate surface area is 107 Å². The van der Waals surface area contributed by atoms with Gasteiger partial charge in [0.15, 0.2) is 0 Å². The van der Waals surface area contributed by atoms with Crippen molar-refractivity contribution in [1.29, 1.82) is 0 Å². The van der Waals surface area contributed by atoms with Crippen molar-refractivity contribution in [1.82, 2.24) is 9.88 Å². The van der Waals surface area contributed by atoms with E-state index in [1.807, 2.05) is 11.8 Å². The molecule has 0 spiro atoms. The first-order chi connectivity index (χ1) is 8.63. The SMILES string of the molecule is CCC1COCCN1C(=O)c1cnc(C)cc1N. The molecule has 18 heavy (non-hydrogen) atoms. The lowest BCUT2D eigenvalue weighted by Crippen LogP contribution is -2.48. The molecule has 2 N–H and O–H groups in total. The number of carbonyl (C=O) groups is 1. The maximum atomic E-state index is 12.5. The van der Waals surface area contributed by atoms with Crippen molar-refractivity contribution in [2.45, 2.75) is 26.3 Å². The molecule has 1 aromatic rings. The molecule has 1 saturated heterocycles. The van der Waals surface area contributed by atoms with E-state index in [0.717, 1.165) is 12.1 Å². The number of morpholine rings is 1. The molecule has 0 radical (unpaired) electrons. The third-order valence-corrected chi connectivity index (χ3v) is 3.26. The molecule has 5 heteroatoms. The molecule has 1 amide bonds. The first kappa shape index (κ1) is 12.8. The van der Waals surface area contributed by atoms with E-state index in [4.69, 9.17) is 10.5 Å². The number of pyridine rings is 1. The zero-order valence-corrected chi connectivity index (χ0v) is 10.8. The molecule has 98 valence electrons. The van der Waals surface area contributed by atoms with Crippen LogP contribution in [0.4, 0.5) is 5.69 Å². The highest BCUT2D eigenvalue weighted by Crippen LogP contribution is 2.18. The first-order valence-corrected chi connectivity index (χ1v) is 6.24. The zero-order valence-electron chi connectivity index (χ0n) is 10.8. The minimum atomic E-state index is -0.0462. The number of aromatic nitrogens is 1. The van der Waals surface area contributed by atoms with Crippen molar-refractivity contribution in [3.05, 3.63) is 23.5 Å². The number of rotatable bonds is 2. The Morgan fingerprint density at radius 2 is 2.44 bits per heavy atom. The predicted molar refractivity (Wildman–Crippen MR) is 69.3 cm³/mol. The summed E-state index contributed by atoms with van der Waals surface area (Å²) in [5, 5.41) is 0. The maximum absolute atomic E-state index is 12.5. The summed E-state index contributed by atoms with van der Waals surface area (Å²) in [6, 6.07) is 1.86. The molecule has 0 aliphatic carbocycles. The van der Waals surface area contributed by atoms with Crippen molar-refractivity contribution in [2.75, 3.05) is 25.5 Å². The Morgan fingerprint density at radius 3 is 3.11 bits per heavy atom. The van der Waals surface area contributed by atoms with E-state index in [-0.39, 0.29) is 11.9 Å². The van der Waals surface area contributed by atoms with Crippen molar-refractivity contribution in [3.63, 3.8) is 0 Å². The second-order valence-corrected chi connectivity index (χ2v) is 4.55. The average Bonchev–Trinajstić information content (AvgIpc) is 2.38. The van der Waals surface area contributed by atoms with Crippen LogP contribution in [0.5, 0.6) is 0 Å². The van der Waals surface area contributed by atoms with Gasteiger partial charge >= 0.3 is 0 Å². The Hall–Kier alpha value is -1.62. The highest BCUT2D eigenvalue weighted by molar-refractivity contribution is 5.99. The van der Waals surface area contributed by atoms with Crippen LogP contribution in [0.1, 0.15) is 29.4 Å². The highest BCUT2D eigenvalue weighted by Gasteiger charge is 2.27. The summed E-state index contributed by atoms with van der Waals surface area (Å²) in [5.41, 5.74) is 7.70. The molecule has 1 aliphatic heterocycles. The Morgan fingerprint density at radius 1 is 1.67 bits per heavy atom. The van der Waals surface area contributed by atoms with Crippen LogP contribution in [-0.4, -0.2) is 41.6 Å². The molecular weight excluding hydrogens is 230 g/mol. The number of hydrogen-bond acceptors (Lipinski definition) is 4. The molecule has 1 atom stereocenters. The van der Waals surface area contributed by atoms with Crippen LogP contribution in [0.25, 0.3) is 0 Å². The molecule has 1 aromatic heterocycles. The fourth-order valence-electron chi connectivity index (χ4n) is 2.17. The molecule has 0 aromatic carbocycles. The normalized spacial score (nSPS) is 19.9. The van der Waals surface area contributed by atoms with Gasteiger partial charge in [0.2, 0.25) is 0 Å². The summed E-state index contributed by atoms with van der Waals surface area (Å²) in [7, 11) is 0. The topological polar surface area (TPSA) is 68.5 Å². The molecule has 2 heterocycles. The number of ether oxygens (including phenoxy) is 1. The molecule has 1 unspecified atom stereocenters. The van der Waals surface area contributed by atoms with Crippen LogP contribution < -0.4 is 5.73 Å². The largest absolute Gasteiger partial charge is 0.398 e. The fourth-order valence-corrected chi connectivity index (χ4v) is 2.17. The zero-order chi connectivity index (χ0) is 13.1. The molecule has 1 aliphatic rings. The maximum Gasteiger partial charge on any atom is 0.257 e. The van der Waals surface area contributed by atoms with Crippen molar-refractivity contribution in [2.24, 2.45) is 0 Å². The van der Waals surface area contributed by atoms with E-state index in [1.165, 1.54) is 0 Å². The van der Waals surface area contributed by atoms with Gasteiger partial charge in [-0.1, -0.05) is 6.92 Å². The average molecular weight is 249 g/mol. The third kappa shape index (κ3) is 2.46. The van der Waals surface area contributed by atoms with E-state index in [9.17, 15) is 4.79 Å². The first-order valence-electron chi connectivity index (χ1n) is 6.24. The number of nitrogen functional groups attached to an aromatic ring is 1. The summed E-state index contributed by atoms with van der Waals surface area (Å²) in [6.07, 6.45) is 2.44. The van der Waals surface area contributed by atoms with Crippen LogP contribution in [0.2, 0.25) is 0 Å². The van der Waals surface area contributed by atoms with E-state index in [2.05, 4.69) is 11.9 Å². The highest BCUT2D eigenvalue weighted by atomic mass is 16.5. The molecule has 0 bridgehead atoms. The predicted octanol–water partition coefficient (Wildman–Crippen LogP) is 1.22. The van der Waals surface area contributed by atoms with Gasteiger partial charge in [0, 0.05) is 24.1 Å². The lowest BCUT2D eigenvalue weighted by molar-refractivity contribution is -0.00276. The van der Waals surface area contributed by atoms with Gasteiger partial charge in [-0.3, -0.25) is 9.78 Å². The van der Waals surface area contributed by atoms with Gasteiger partial charge in [0.25, 0.3) is 5.91 Å². The molecular formula is C13H19N3O2. The van der Waals surface area contributed by atoms with Gasteiger partial charge in [0.1, 0.15) is 0 Å². The summed E-state index contributed by atoms with van der Waals surface area (Å²) in [6.45, 7) is 5.71. The van der Waals surface area contributed by atoms with Gasteiger partial charge in [0.05, 0.1) is 24.8 Å². The van der Waals surface area contributed by atoms with Crippen molar-refractivity contribution in [3.8, 4) is 0 Å². The number of aryl methyl sites for hydroxylation is 1. The monoisotopic (exact) mass is 249 g/mol. The van der Waals surface area contributed by atoms with Gasteiger partial charge in [-0.05, 0) is 19.4 Å². The molecule has 5 nitrogen and oxygen atoms in total. The number of nitrogens with two attached hydrogens (primary N) is 1. The van der Waals surface area contributed by atoms with Gasteiger partial charge in [-0.2, -0.15) is 0 Å². The number of carbonyl (C=O) groups excluding carboxylic acids is 1. The van der Waals surface area contributed by atoms with Crippen molar-refractivity contribution < 1.29 is 9.53 Å². The van der Waals surface area contributed by atoms with Gasteiger partial charge < -0.3 is 15.4 Å². The number of hydrogen-bond donors (Lipinski definition) is 1. The Bertz CT molecular complexity index is 448. The van der Waals surface area contributed by atoms with E-state index < -0.39 is 0 Å². The van der Waals surface area contributed by atoms with Crippen LogP contribution in [0.3, 0.4) is 0 Å². The third-order valence-electron chi connectivity index (χ3n) is 3.26. The summed E-state index contributed by atoms with van der Waals surface area (Å²) < 4.78 is 5.40. The Kier molecular flexibility index (Phi) is 3.81. The van der Waals surface area contributed by atoms with Crippen LogP contribution in [-0.2, 0) is 4.74 Å². The Balaban J connectivity index is 2.24. The lowest BCUT2D eigenvalue weighted by Gasteiger charge is -2.35. The standard InChI is InChI=1S/C13H19N3O2/c1-3-10-8-18-5-4-16(10)13(17)11-7-15-9(2)6-12(11)14/h6-7,10H,3-5,8H2,1-2H3,(H2,14,15). The minimum Gasteiger partial charge on any atom is -0.398 e. The van der Waals surface area contributed by atoms with Crippen LogP contribution in [0.15, 0.2) is 12.3 Å². The second kappa shape index (κ2) is 5.35. The summed E-state index contributed by atoms with van der Waals surface area (Å²) in [5.74, 6) is -0.0462. The number of nitrogens with zero attached hydrogens (tertiary/aromatic N) is 2. The number of anilines is 1. The van der Waals surface area contributed by atoms with Crippen LogP contribution >= 0.6 is 0 Å². The smallest absolute Gasteiger partial charge is 0.257 e. The second-order valence-electron chi connectivity index (χ2n) is 4.55. The lowest BCUT2D eigenvalue weighted by atomic mass is 10.1. The summed E-state index contributed by atoms with van der Waals surface area (Å²) >= 11 is 0. The molecule has 2 rings (SSSR count). The quantitative estimate of drug-likeness (QED) is 0.855. The van der Waals surface area contributed by atoms with E-state index in [0.29, 0.717) is 31.0 Å². The van der Waals surface area contributed by atoms with Crippen molar-refractivity contribution >= 4 is 11.6 Å². The summed E-state index contributed by atoms with van der Waals surface area (Å²) in [4.78, 5) is 18.4. The van der Waals surface area contributed by atoms with E-state index >= 15 is 0 Å². The van der Waals surface area contributed by atoms with Gasteiger partial charge in [-0.25, -0.2) is 0 Å². The van der Waals surface area contributed by atoms with E-state index in [1.54, 1.807) is 12.3 Å². The number of amides is 1. The van der Waals surface area contributed by atoms with Gasteiger partial charge in [-0.15, -0.1) is 0 Å². The minimum absolute atomic E-state index is 0.0462. The molecule has 1 fully saturated rings.